The molecule has 1 aliphatic heterocycles. The van der Waals surface area contributed by atoms with E-state index in [2.05, 4.69) is 0 Å². The van der Waals surface area contributed by atoms with Gasteiger partial charge in [0.05, 0.1) is 36.1 Å². The summed E-state index contributed by atoms with van der Waals surface area (Å²) < 4.78 is 19.5. The predicted octanol–water partition coefficient (Wildman–Crippen LogP) is 5.06. The molecular formula is C34H37N3O5S. The van der Waals surface area contributed by atoms with Gasteiger partial charge in [-0.1, -0.05) is 47.7 Å². The second-order valence-corrected chi connectivity index (χ2v) is 11.5. The molecule has 3 aromatic carbocycles. The third kappa shape index (κ3) is 5.57. The average molecular weight is 600 g/mol. The minimum Gasteiger partial charge on any atom is -0.496 e. The van der Waals surface area contributed by atoms with Gasteiger partial charge in [-0.05, 0) is 75.2 Å². The number of aromatic nitrogens is 1. The van der Waals surface area contributed by atoms with E-state index in [1.807, 2.05) is 95.3 Å². The third-order valence-corrected chi connectivity index (χ3v) is 8.56. The lowest BCUT2D eigenvalue weighted by molar-refractivity contribution is -0.127. The molecule has 2 heterocycles. The van der Waals surface area contributed by atoms with Crippen LogP contribution in [-0.4, -0.2) is 48.8 Å². The average Bonchev–Trinajstić information content (AvgIpc) is 3.30. The van der Waals surface area contributed by atoms with E-state index >= 15 is 0 Å². The fourth-order valence-electron chi connectivity index (χ4n) is 5.56. The zero-order valence-corrected chi connectivity index (χ0v) is 26.5. The van der Waals surface area contributed by atoms with Crippen molar-refractivity contribution in [3.05, 3.63) is 96.7 Å². The van der Waals surface area contributed by atoms with Crippen LogP contribution in [0.1, 0.15) is 51.8 Å². The number of methoxy groups -OCH3 is 2. The molecule has 224 valence electrons. The van der Waals surface area contributed by atoms with E-state index in [-0.39, 0.29) is 17.6 Å². The topological polar surface area (TPSA) is 82.4 Å². The lowest BCUT2D eigenvalue weighted by Crippen LogP contribution is -2.43. The summed E-state index contributed by atoms with van der Waals surface area (Å²) in [7, 11) is 3.20. The maximum Gasteiger partial charge on any atom is 0.271 e. The van der Waals surface area contributed by atoms with Crippen molar-refractivity contribution in [3.63, 3.8) is 0 Å². The van der Waals surface area contributed by atoms with Crippen molar-refractivity contribution in [1.82, 2.24) is 9.47 Å². The van der Waals surface area contributed by atoms with Gasteiger partial charge in [0.15, 0.2) is 16.3 Å². The molecule has 0 radical (unpaired) electrons. The van der Waals surface area contributed by atoms with Crippen LogP contribution in [-0.2, 0) is 4.79 Å². The highest BCUT2D eigenvalue weighted by Gasteiger charge is 2.36. The van der Waals surface area contributed by atoms with Gasteiger partial charge in [-0.3, -0.25) is 14.2 Å². The number of nitrogens with zero attached hydrogens (tertiary/aromatic N) is 3. The molecule has 1 atom stereocenters. The van der Waals surface area contributed by atoms with Crippen LogP contribution in [0, 0.1) is 0 Å². The molecule has 0 saturated heterocycles. The van der Waals surface area contributed by atoms with Gasteiger partial charge < -0.3 is 19.1 Å². The summed E-state index contributed by atoms with van der Waals surface area (Å²) >= 11 is 1.30. The summed E-state index contributed by atoms with van der Waals surface area (Å²) in [5, 5.41) is 1.90. The Morgan fingerprint density at radius 1 is 1.02 bits per heavy atom. The van der Waals surface area contributed by atoms with E-state index in [1.165, 1.54) is 11.3 Å². The lowest BCUT2D eigenvalue weighted by atomic mass is 9.90. The standard InChI is InChI=1S/C34H37N3O5S/c1-8-36(9-2)33(39)29-21(5)35-34-37(31(29)30-24-13-11-10-12-23(24)15-17-26(30)40-6)32(38)28(43-34)19-22-14-16-25(42-20(3)4)27(18-22)41-7/h10-20,31H,8-9H2,1-7H3/b28-19+/t31-/m0/s1. The molecule has 0 spiro atoms. The first-order valence-electron chi connectivity index (χ1n) is 14.4. The molecule has 1 aromatic heterocycles. The fourth-order valence-corrected chi connectivity index (χ4v) is 6.61. The highest BCUT2D eigenvalue weighted by molar-refractivity contribution is 7.07. The van der Waals surface area contributed by atoms with Crippen molar-refractivity contribution in [2.24, 2.45) is 4.99 Å². The van der Waals surface area contributed by atoms with Crippen molar-refractivity contribution < 1.29 is 19.0 Å². The molecule has 0 aliphatic carbocycles. The first kappa shape index (κ1) is 30.1. The summed E-state index contributed by atoms with van der Waals surface area (Å²) in [5.41, 5.74) is 2.36. The van der Waals surface area contributed by atoms with E-state index in [4.69, 9.17) is 19.2 Å². The number of benzene rings is 3. The van der Waals surface area contributed by atoms with E-state index in [0.717, 1.165) is 21.9 Å². The summed E-state index contributed by atoms with van der Waals surface area (Å²) in [6, 6.07) is 16.7. The van der Waals surface area contributed by atoms with Crippen molar-refractivity contribution in [3.8, 4) is 17.2 Å². The van der Waals surface area contributed by atoms with Crippen LogP contribution in [0.5, 0.6) is 17.2 Å². The Labute approximate surface area is 255 Å². The molecule has 0 bridgehead atoms. The molecule has 8 nitrogen and oxygen atoms in total. The second-order valence-electron chi connectivity index (χ2n) is 10.5. The van der Waals surface area contributed by atoms with Crippen LogP contribution < -0.4 is 29.1 Å². The van der Waals surface area contributed by atoms with Gasteiger partial charge in [-0.15, -0.1) is 0 Å². The molecule has 1 amide bonds. The van der Waals surface area contributed by atoms with Crippen LogP contribution in [0.4, 0.5) is 0 Å². The number of likely N-dealkylation sites (N-methyl/N-ethyl adjacent to an activating group) is 1. The summed E-state index contributed by atoms with van der Waals surface area (Å²) in [5.74, 6) is 1.67. The van der Waals surface area contributed by atoms with E-state index in [1.54, 1.807) is 23.7 Å². The van der Waals surface area contributed by atoms with Crippen LogP contribution in [0.2, 0.25) is 0 Å². The van der Waals surface area contributed by atoms with Gasteiger partial charge in [0.2, 0.25) is 0 Å². The lowest BCUT2D eigenvalue weighted by Gasteiger charge is -2.30. The van der Waals surface area contributed by atoms with Crippen molar-refractivity contribution in [1.29, 1.82) is 0 Å². The molecule has 0 fully saturated rings. The molecule has 4 aromatic rings. The maximum atomic E-state index is 14.3. The number of rotatable bonds is 9. The molecule has 1 aliphatic rings. The number of carbonyl (C=O) groups excluding carboxylic acids is 1. The van der Waals surface area contributed by atoms with E-state index < -0.39 is 6.04 Å². The number of thiazole rings is 1. The second kappa shape index (κ2) is 12.5. The van der Waals surface area contributed by atoms with Gasteiger partial charge >= 0.3 is 0 Å². The normalized spacial score (nSPS) is 15.0. The summed E-state index contributed by atoms with van der Waals surface area (Å²) in [6.07, 6.45) is 1.82. The quantitative estimate of drug-likeness (QED) is 0.269. The fraction of sp³-hybridized carbons (Fsp3) is 0.324. The maximum absolute atomic E-state index is 14.3. The van der Waals surface area contributed by atoms with Crippen LogP contribution in [0.25, 0.3) is 16.8 Å². The first-order chi connectivity index (χ1) is 20.7. The monoisotopic (exact) mass is 599 g/mol. The molecule has 0 unspecified atom stereocenters. The molecule has 43 heavy (non-hydrogen) atoms. The van der Waals surface area contributed by atoms with E-state index in [9.17, 15) is 9.59 Å². The molecule has 9 heteroatoms. The highest BCUT2D eigenvalue weighted by atomic mass is 32.1. The summed E-state index contributed by atoms with van der Waals surface area (Å²) in [4.78, 5) is 35.5. The van der Waals surface area contributed by atoms with Gasteiger partial charge in [-0.25, -0.2) is 4.99 Å². The molecule has 0 saturated carbocycles. The number of carbonyl (C=O) groups is 1. The number of allylic oxidation sites excluding steroid dienone is 1. The highest BCUT2D eigenvalue weighted by Crippen LogP contribution is 2.40. The predicted molar refractivity (Wildman–Crippen MR) is 171 cm³/mol. The molecular weight excluding hydrogens is 562 g/mol. The zero-order valence-electron chi connectivity index (χ0n) is 25.6. The first-order valence-corrected chi connectivity index (χ1v) is 15.3. The Morgan fingerprint density at radius 2 is 1.72 bits per heavy atom. The van der Waals surface area contributed by atoms with Crippen molar-refractivity contribution >= 4 is 34.1 Å². The van der Waals surface area contributed by atoms with Gasteiger partial charge in [0.1, 0.15) is 11.8 Å². The smallest absolute Gasteiger partial charge is 0.271 e. The Bertz CT molecular complexity index is 1900. The van der Waals surface area contributed by atoms with Crippen LogP contribution in [0.15, 0.2) is 75.7 Å². The van der Waals surface area contributed by atoms with E-state index in [0.29, 0.717) is 50.9 Å². The Hall–Kier alpha value is -4.37. The molecule has 5 rings (SSSR count). The Kier molecular flexibility index (Phi) is 8.73. The Balaban J connectivity index is 1.78. The zero-order chi connectivity index (χ0) is 30.8. The van der Waals surface area contributed by atoms with Crippen LogP contribution in [0.3, 0.4) is 0 Å². The minimum atomic E-state index is -0.732. The number of amides is 1. The van der Waals surface area contributed by atoms with Crippen LogP contribution >= 0.6 is 11.3 Å². The largest absolute Gasteiger partial charge is 0.496 e. The number of hydrogen-bond acceptors (Lipinski definition) is 7. The minimum absolute atomic E-state index is 0.00835. The third-order valence-electron chi connectivity index (χ3n) is 7.57. The number of hydrogen-bond donors (Lipinski definition) is 0. The SMILES string of the molecule is CCN(CC)C(=O)C1=C(C)N=c2s/c(=C/c3ccc(OC(C)C)c(OC)c3)c(=O)n2[C@@H]1c1c(OC)ccc2ccccc12. The molecule has 0 N–H and O–H groups in total. The van der Waals surface area contributed by atoms with Crippen molar-refractivity contribution in [2.75, 3.05) is 27.3 Å². The number of fused-ring (bicyclic) bond motifs is 2. The number of ether oxygens (including phenoxy) is 3. The van der Waals surface area contributed by atoms with Crippen molar-refractivity contribution in [2.45, 2.75) is 46.8 Å². The van der Waals surface area contributed by atoms with Gasteiger partial charge in [-0.2, -0.15) is 0 Å². The van der Waals surface area contributed by atoms with Gasteiger partial charge in [0, 0.05) is 18.7 Å². The summed E-state index contributed by atoms with van der Waals surface area (Å²) in [6.45, 7) is 10.7. The Morgan fingerprint density at radius 3 is 2.40 bits per heavy atom. The van der Waals surface area contributed by atoms with Gasteiger partial charge in [0.25, 0.3) is 11.5 Å².